The molecule has 1 heterocycles. The topological polar surface area (TPSA) is 29.9 Å². The molecular formula is C12H15N3. The zero-order valence-corrected chi connectivity index (χ0v) is 9.07. The van der Waals surface area contributed by atoms with Gasteiger partial charge in [-0.05, 0) is 26.1 Å². The van der Waals surface area contributed by atoms with Crippen LogP contribution in [0, 0.1) is 6.92 Å². The summed E-state index contributed by atoms with van der Waals surface area (Å²) in [5.41, 5.74) is 3.60. The molecule has 0 aliphatic carbocycles. The fourth-order valence-electron chi connectivity index (χ4n) is 1.57. The van der Waals surface area contributed by atoms with Gasteiger partial charge in [-0.2, -0.15) is 0 Å². The number of benzene rings is 1. The molecular weight excluding hydrogens is 186 g/mol. The second-order valence-electron chi connectivity index (χ2n) is 3.62. The molecule has 1 N–H and O–H groups in total. The van der Waals surface area contributed by atoms with E-state index in [0.29, 0.717) is 0 Å². The van der Waals surface area contributed by atoms with Crippen LogP contribution < -0.4 is 5.32 Å². The minimum absolute atomic E-state index is 0.827. The van der Waals surface area contributed by atoms with E-state index in [0.717, 1.165) is 12.2 Å². The molecule has 0 unspecified atom stereocenters. The highest BCUT2D eigenvalue weighted by atomic mass is 15.1. The molecule has 1 aromatic heterocycles. The first-order chi connectivity index (χ1) is 7.31. The van der Waals surface area contributed by atoms with E-state index in [1.165, 1.54) is 11.3 Å². The van der Waals surface area contributed by atoms with Crippen molar-refractivity contribution in [2.45, 2.75) is 13.5 Å². The molecule has 0 radical (unpaired) electrons. The lowest BCUT2D eigenvalue weighted by Gasteiger charge is -2.07. The molecule has 0 aliphatic rings. The summed E-state index contributed by atoms with van der Waals surface area (Å²) < 4.78 is 2.09. The van der Waals surface area contributed by atoms with Crippen molar-refractivity contribution in [2.75, 3.05) is 7.05 Å². The Labute approximate surface area is 89.8 Å². The van der Waals surface area contributed by atoms with E-state index in [-0.39, 0.29) is 0 Å². The highest BCUT2D eigenvalue weighted by molar-refractivity contribution is 5.35. The summed E-state index contributed by atoms with van der Waals surface area (Å²) in [5.74, 6) is 0. The largest absolute Gasteiger partial charge is 0.314 e. The van der Waals surface area contributed by atoms with Crippen molar-refractivity contribution in [2.24, 2.45) is 0 Å². The van der Waals surface area contributed by atoms with E-state index in [2.05, 4.69) is 46.1 Å². The summed E-state index contributed by atoms with van der Waals surface area (Å²) in [6.45, 7) is 2.92. The average molecular weight is 201 g/mol. The lowest BCUT2D eigenvalue weighted by atomic mass is 10.2. The third kappa shape index (κ3) is 2.07. The average Bonchev–Trinajstić information content (AvgIpc) is 2.68. The third-order valence-corrected chi connectivity index (χ3v) is 2.39. The van der Waals surface area contributed by atoms with Gasteiger partial charge in [-0.1, -0.05) is 17.7 Å². The number of hydrogen-bond acceptors (Lipinski definition) is 2. The summed E-state index contributed by atoms with van der Waals surface area (Å²) in [5, 5.41) is 3.13. The molecule has 0 fully saturated rings. The number of rotatable bonds is 3. The molecule has 3 nitrogen and oxygen atoms in total. The fourth-order valence-corrected chi connectivity index (χ4v) is 1.57. The van der Waals surface area contributed by atoms with Gasteiger partial charge >= 0.3 is 0 Å². The van der Waals surface area contributed by atoms with Gasteiger partial charge in [-0.15, -0.1) is 0 Å². The Kier molecular flexibility index (Phi) is 2.83. The van der Waals surface area contributed by atoms with Gasteiger partial charge in [0.1, 0.15) is 0 Å². The number of hydrogen-bond donors (Lipinski definition) is 1. The van der Waals surface area contributed by atoms with Crippen molar-refractivity contribution in [3.05, 3.63) is 48.0 Å². The van der Waals surface area contributed by atoms with E-state index in [1.54, 1.807) is 0 Å². The van der Waals surface area contributed by atoms with Crippen molar-refractivity contribution >= 4 is 0 Å². The first kappa shape index (κ1) is 9.93. The van der Waals surface area contributed by atoms with Crippen LogP contribution >= 0.6 is 0 Å². The van der Waals surface area contributed by atoms with Gasteiger partial charge in [-0.25, -0.2) is 4.98 Å². The highest BCUT2D eigenvalue weighted by Gasteiger charge is 2.02. The summed E-state index contributed by atoms with van der Waals surface area (Å²) in [6.07, 6.45) is 3.73. The van der Waals surface area contributed by atoms with E-state index in [4.69, 9.17) is 0 Å². The van der Waals surface area contributed by atoms with Crippen LogP contribution in [-0.2, 0) is 6.54 Å². The van der Waals surface area contributed by atoms with Crippen LogP contribution in [0.4, 0.5) is 0 Å². The number of imidazole rings is 1. The zero-order valence-electron chi connectivity index (χ0n) is 9.07. The first-order valence-electron chi connectivity index (χ1n) is 5.04. The van der Waals surface area contributed by atoms with Crippen LogP contribution in [0.25, 0.3) is 5.69 Å². The maximum absolute atomic E-state index is 4.16. The van der Waals surface area contributed by atoms with Gasteiger partial charge in [0.2, 0.25) is 0 Å². The van der Waals surface area contributed by atoms with Crippen LogP contribution in [0.3, 0.4) is 0 Å². The second kappa shape index (κ2) is 4.28. The fraction of sp³-hybridized carbons (Fsp3) is 0.250. The second-order valence-corrected chi connectivity index (χ2v) is 3.62. The minimum atomic E-state index is 0.827. The molecule has 1 aromatic carbocycles. The Morgan fingerprint density at radius 1 is 1.27 bits per heavy atom. The van der Waals surface area contributed by atoms with Gasteiger partial charge < -0.3 is 9.88 Å². The van der Waals surface area contributed by atoms with Gasteiger partial charge in [-0.3, -0.25) is 0 Å². The molecule has 15 heavy (non-hydrogen) atoms. The van der Waals surface area contributed by atoms with Gasteiger partial charge in [0.05, 0.1) is 12.0 Å². The highest BCUT2D eigenvalue weighted by Crippen LogP contribution is 2.11. The molecule has 0 bridgehead atoms. The Morgan fingerprint density at radius 3 is 2.67 bits per heavy atom. The Hall–Kier alpha value is -1.61. The van der Waals surface area contributed by atoms with Crippen LogP contribution in [0.1, 0.15) is 11.3 Å². The summed E-state index contributed by atoms with van der Waals surface area (Å²) in [6, 6.07) is 8.43. The van der Waals surface area contributed by atoms with Gasteiger partial charge in [0.15, 0.2) is 0 Å². The number of nitrogens with zero attached hydrogens (tertiary/aromatic N) is 2. The Morgan fingerprint density at radius 2 is 2.00 bits per heavy atom. The summed E-state index contributed by atoms with van der Waals surface area (Å²) >= 11 is 0. The molecule has 3 heteroatoms. The SMILES string of the molecule is CNCc1cncn1-c1ccc(C)cc1. The molecule has 0 aliphatic heterocycles. The summed E-state index contributed by atoms with van der Waals surface area (Å²) in [4.78, 5) is 4.16. The standard InChI is InChI=1S/C12H15N3/c1-10-3-5-11(6-4-10)15-9-14-8-12(15)7-13-2/h3-6,8-9,13H,7H2,1-2H3. The van der Waals surface area contributed by atoms with Crippen LogP contribution in [0.15, 0.2) is 36.8 Å². The van der Waals surface area contributed by atoms with Crippen molar-refractivity contribution < 1.29 is 0 Å². The maximum atomic E-state index is 4.16. The molecule has 0 atom stereocenters. The van der Waals surface area contributed by atoms with Crippen molar-refractivity contribution in [1.29, 1.82) is 0 Å². The molecule has 2 rings (SSSR count). The quantitative estimate of drug-likeness (QED) is 0.822. The molecule has 2 aromatic rings. The smallest absolute Gasteiger partial charge is 0.0994 e. The zero-order chi connectivity index (χ0) is 10.7. The Balaban J connectivity index is 2.36. The molecule has 0 saturated carbocycles. The van der Waals surface area contributed by atoms with E-state index in [1.807, 2.05) is 19.6 Å². The van der Waals surface area contributed by atoms with E-state index < -0.39 is 0 Å². The molecule has 0 saturated heterocycles. The van der Waals surface area contributed by atoms with Crippen molar-refractivity contribution in [3.63, 3.8) is 0 Å². The third-order valence-electron chi connectivity index (χ3n) is 2.39. The number of aromatic nitrogens is 2. The molecule has 78 valence electrons. The van der Waals surface area contributed by atoms with Gasteiger partial charge in [0.25, 0.3) is 0 Å². The number of aryl methyl sites for hydroxylation is 1. The molecule has 0 spiro atoms. The predicted molar refractivity (Wildman–Crippen MR) is 61.1 cm³/mol. The lowest BCUT2D eigenvalue weighted by Crippen LogP contribution is -2.09. The van der Waals surface area contributed by atoms with Crippen LogP contribution in [0.5, 0.6) is 0 Å². The van der Waals surface area contributed by atoms with Crippen LogP contribution in [-0.4, -0.2) is 16.6 Å². The molecule has 0 amide bonds. The van der Waals surface area contributed by atoms with Crippen molar-refractivity contribution in [1.82, 2.24) is 14.9 Å². The van der Waals surface area contributed by atoms with Crippen LogP contribution in [0.2, 0.25) is 0 Å². The minimum Gasteiger partial charge on any atom is -0.314 e. The summed E-state index contributed by atoms with van der Waals surface area (Å²) in [7, 11) is 1.94. The Bertz CT molecular complexity index is 428. The van der Waals surface area contributed by atoms with Gasteiger partial charge in [0, 0.05) is 18.4 Å². The lowest BCUT2D eigenvalue weighted by molar-refractivity contribution is 0.768. The number of nitrogens with one attached hydrogen (secondary N) is 1. The predicted octanol–water partition coefficient (Wildman–Crippen LogP) is 1.90. The normalized spacial score (nSPS) is 10.5. The van der Waals surface area contributed by atoms with Crippen molar-refractivity contribution in [3.8, 4) is 5.69 Å². The van der Waals surface area contributed by atoms with E-state index in [9.17, 15) is 0 Å². The monoisotopic (exact) mass is 201 g/mol. The maximum Gasteiger partial charge on any atom is 0.0994 e. The van der Waals surface area contributed by atoms with E-state index >= 15 is 0 Å². The first-order valence-corrected chi connectivity index (χ1v) is 5.04.